The molecule has 0 saturated carbocycles. The SMILES string of the molecule is CC.CCC.CCCCC.CCN1CC(C)C(CO)C1. The molecule has 1 rings (SSSR count). The summed E-state index contributed by atoms with van der Waals surface area (Å²) in [5.41, 5.74) is 0. The van der Waals surface area contributed by atoms with Gasteiger partial charge in [-0.3, -0.25) is 0 Å². The van der Waals surface area contributed by atoms with Crippen molar-refractivity contribution in [3.8, 4) is 0 Å². The normalized spacial score (nSPS) is 20.9. The number of hydrogen-bond donors (Lipinski definition) is 1. The van der Waals surface area contributed by atoms with Crippen LogP contribution in [0.5, 0.6) is 0 Å². The van der Waals surface area contributed by atoms with E-state index in [4.69, 9.17) is 5.11 Å². The van der Waals surface area contributed by atoms with Crippen LogP contribution in [0.4, 0.5) is 0 Å². The Bertz CT molecular complexity index is 148. The van der Waals surface area contributed by atoms with Crippen molar-refractivity contribution in [2.24, 2.45) is 11.8 Å². The quantitative estimate of drug-likeness (QED) is 0.768. The molecule has 0 aromatic rings. The first kappa shape index (κ1) is 24.9. The van der Waals surface area contributed by atoms with Gasteiger partial charge in [0.2, 0.25) is 0 Å². The van der Waals surface area contributed by atoms with Gasteiger partial charge in [0.1, 0.15) is 0 Å². The summed E-state index contributed by atoms with van der Waals surface area (Å²) in [5, 5.41) is 8.92. The lowest BCUT2D eigenvalue weighted by atomic mass is 10.00. The molecular weight excluding hydrogens is 246 g/mol. The summed E-state index contributed by atoms with van der Waals surface area (Å²) in [4.78, 5) is 2.39. The number of hydrogen-bond acceptors (Lipinski definition) is 2. The van der Waals surface area contributed by atoms with Crippen molar-refractivity contribution in [2.75, 3.05) is 26.2 Å². The van der Waals surface area contributed by atoms with Crippen molar-refractivity contribution >= 4 is 0 Å². The minimum Gasteiger partial charge on any atom is -0.396 e. The highest BCUT2D eigenvalue weighted by Gasteiger charge is 2.27. The molecule has 0 radical (unpaired) electrons. The number of nitrogens with zero attached hydrogens (tertiary/aromatic N) is 1. The third-order valence-electron chi connectivity index (χ3n) is 3.23. The predicted molar refractivity (Wildman–Crippen MR) is 94.4 cm³/mol. The van der Waals surface area contributed by atoms with E-state index in [1.165, 1.54) is 32.2 Å². The highest BCUT2D eigenvalue weighted by atomic mass is 16.3. The molecule has 2 heteroatoms. The maximum absolute atomic E-state index is 8.92. The van der Waals surface area contributed by atoms with E-state index in [-0.39, 0.29) is 0 Å². The third-order valence-corrected chi connectivity index (χ3v) is 3.23. The maximum atomic E-state index is 8.92. The third kappa shape index (κ3) is 16.0. The van der Waals surface area contributed by atoms with Gasteiger partial charge in [0, 0.05) is 19.7 Å². The van der Waals surface area contributed by atoms with Gasteiger partial charge in [0.05, 0.1) is 0 Å². The molecule has 1 fully saturated rings. The first-order valence-corrected chi connectivity index (χ1v) is 8.94. The Balaban J connectivity index is -0.000000245. The van der Waals surface area contributed by atoms with Crippen LogP contribution < -0.4 is 0 Å². The Morgan fingerprint density at radius 3 is 1.55 bits per heavy atom. The Hall–Kier alpha value is -0.0800. The second kappa shape index (κ2) is 21.2. The van der Waals surface area contributed by atoms with Gasteiger partial charge >= 0.3 is 0 Å². The van der Waals surface area contributed by atoms with E-state index >= 15 is 0 Å². The number of rotatable bonds is 4. The van der Waals surface area contributed by atoms with Crippen molar-refractivity contribution in [3.63, 3.8) is 0 Å². The largest absolute Gasteiger partial charge is 0.396 e. The average molecular weight is 290 g/mol. The molecule has 2 atom stereocenters. The standard InChI is InChI=1S/C8H17NO.C5H12.C3H8.C2H6/c1-3-9-4-7(2)8(5-9)6-10;1-3-5-4-2;1-3-2;1-2/h7-8,10H,3-6H2,1-2H3;3-5H2,1-2H3;3H2,1-2H3;1-2H3. The fourth-order valence-electron chi connectivity index (χ4n) is 1.99. The number of aliphatic hydroxyl groups is 1. The van der Waals surface area contributed by atoms with E-state index in [0.29, 0.717) is 18.4 Å². The van der Waals surface area contributed by atoms with Crippen LogP contribution in [0.15, 0.2) is 0 Å². The molecule has 0 aromatic carbocycles. The number of unbranched alkanes of at least 4 members (excludes halogenated alkanes) is 2. The van der Waals surface area contributed by atoms with E-state index in [2.05, 4.69) is 46.4 Å². The van der Waals surface area contributed by atoms with Crippen LogP contribution in [0.3, 0.4) is 0 Å². The summed E-state index contributed by atoms with van der Waals surface area (Å²) in [5.74, 6) is 1.21. The van der Waals surface area contributed by atoms with Gasteiger partial charge in [-0.1, -0.05) is 81.1 Å². The molecule has 0 aliphatic carbocycles. The molecule has 0 spiro atoms. The van der Waals surface area contributed by atoms with E-state index in [0.717, 1.165) is 13.1 Å². The zero-order valence-corrected chi connectivity index (χ0v) is 15.7. The van der Waals surface area contributed by atoms with Crippen molar-refractivity contribution in [1.82, 2.24) is 4.90 Å². The molecule has 1 heterocycles. The van der Waals surface area contributed by atoms with Gasteiger partial charge in [-0.05, 0) is 18.4 Å². The zero-order valence-electron chi connectivity index (χ0n) is 15.7. The smallest absolute Gasteiger partial charge is 0.0474 e. The Morgan fingerprint density at radius 1 is 0.950 bits per heavy atom. The summed E-state index contributed by atoms with van der Waals surface area (Å²) >= 11 is 0. The molecule has 2 unspecified atom stereocenters. The van der Waals surface area contributed by atoms with Crippen LogP contribution in [0.2, 0.25) is 0 Å². The maximum Gasteiger partial charge on any atom is 0.0474 e. The summed E-state index contributed by atoms with van der Waals surface area (Å²) in [6.07, 6.45) is 5.33. The van der Waals surface area contributed by atoms with Crippen molar-refractivity contribution in [2.45, 2.75) is 81.1 Å². The molecule has 1 saturated heterocycles. The topological polar surface area (TPSA) is 23.5 Å². The lowest BCUT2D eigenvalue weighted by molar-refractivity contribution is 0.206. The van der Waals surface area contributed by atoms with Crippen LogP contribution >= 0.6 is 0 Å². The monoisotopic (exact) mass is 289 g/mol. The fraction of sp³-hybridized carbons (Fsp3) is 1.00. The molecule has 1 N–H and O–H groups in total. The number of likely N-dealkylation sites (tertiary alicyclic amines) is 1. The minimum absolute atomic E-state index is 0.359. The lowest BCUT2D eigenvalue weighted by Crippen LogP contribution is -2.20. The van der Waals surface area contributed by atoms with Gasteiger partial charge in [0.15, 0.2) is 0 Å². The second-order valence-electron chi connectivity index (χ2n) is 5.33. The summed E-state index contributed by atoms with van der Waals surface area (Å²) < 4.78 is 0. The van der Waals surface area contributed by atoms with E-state index in [9.17, 15) is 0 Å². The van der Waals surface area contributed by atoms with E-state index in [1.54, 1.807) is 0 Å². The fourth-order valence-corrected chi connectivity index (χ4v) is 1.99. The summed E-state index contributed by atoms with van der Waals surface area (Å²) in [6, 6.07) is 0. The molecule has 20 heavy (non-hydrogen) atoms. The zero-order chi connectivity index (χ0) is 16.4. The van der Waals surface area contributed by atoms with Crippen LogP contribution in [-0.2, 0) is 0 Å². The molecule has 0 aromatic heterocycles. The highest BCUT2D eigenvalue weighted by Crippen LogP contribution is 2.21. The lowest BCUT2D eigenvalue weighted by Gasteiger charge is -2.10. The first-order valence-electron chi connectivity index (χ1n) is 8.94. The van der Waals surface area contributed by atoms with Gasteiger partial charge in [-0.2, -0.15) is 0 Å². The molecule has 0 bridgehead atoms. The van der Waals surface area contributed by atoms with Gasteiger partial charge in [-0.15, -0.1) is 0 Å². The highest BCUT2D eigenvalue weighted by molar-refractivity contribution is 4.79. The Kier molecular flexibility index (Phi) is 26.4. The second-order valence-corrected chi connectivity index (χ2v) is 5.33. The van der Waals surface area contributed by atoms with Crippen LogP contribution in [0.25, 0.3) is 0 Å². The predicted octanol–water partition coefficient (Wildman–Crippen LogP) is 5.21. The molecule has 1 aliphatic rings. The summed E-state index contributed by atoms with van der Waals surface area (Å²) in [6.45, 7) is 20.8. The van der Waals surface area contributed by atoms with Gasteiger partial charge < -0.3 is 10.0 Å². The molecule has 0 amide bonds. The molecule has 2 nitrogen and oxygen atoms in total. The van der Waals surface area contributed by atoms with E-state index < -0.39 is 0 Å². The van der Waals surface area contributed by atoms with Crippen molar-refractivity contribution in [3.05, 3.63) is 0 Å². The average Bonchev–Trinajstić information content (AvgIpc) is 2.84. The molecule has 1 aliphatic heterocycles. The van der Waals surface area contributed by atoms with Crippen LogP contribution in [0, 0.1) is 11.8 Å². The van der Waals surface area contributed by atoms with Crippen LogP contribution in [-0.4, -0.2) is 36.2 Å². The van der Waals surface area contributed by atoms with Crippen molar-refractivity contribution < 1.29 is 5.11 Å². The molecule has 126 valence electrons. The Morgan fingerprint density at radius 2 is 1.40 bits per heavy atom. The van der Waals surface area contributed by atoms with Crippen LogP contribution in [0.1, 0.15) is 81.1 Å². The summed E-state index contributed by atoms with van der Waals surface area (Å²) in [7, 11) is 0. The van der Waals surface area contributed by atoms with Gasteiger partial charge in [0.25, 0.3) is 0 Å². The van der Waals surface area contributed by atoms with Crippen molar-refractivity contribution in [1.29, 1.82) is 0 Å². The minimum atomic E-state index is 0.359. The molecular formula is C18H43NO. The van der Waals surface area contributed by atoms with Gasteiger partial charge in [-0.25, -0.2) is 0 Å². The number of aliphatic hydroxyl groups excluding tert-OH is 1. The van der Waals surface area contributed by atoms with E-state index in [1.807, 2.05) is 13.8 Å². The Labute approximate surface area is 130 Å². The first-order chi connectivity index (χ1) is 9.60.